The molecule has 5 nitrogen and oxygen atoms in total. The highest BCUT2D eigenvalue weighted by atomic mass is 19.4. The molecule has 1 aromatic rings. The maximum absolute atomic E-state index is 12.3. The second-order valence-electron chi connectivity index (χ2n) is 3.79. The minimum Gasteiger partial charge on any atom is -0.480 e. The molecular weight excluding hydrogens is 265 g/mol. The fourth-order valence-corrected chi connectivity index (χ4v) is 1.40. The van der Waals surface area contributed by atoms with Crippen molar-refractivity contribution in [2.75, 3.05) is 13.1 Å². The van der Waals surface area contributed by atoms with E-state index in [0.717, 1.165) is 0 Å². The first-order valence-electron chi connectivity index (χ1n) is 5.23. The molecule has 0 saturated heterocycles. The summed E-state index contributed by atoms with van der Waals surface area (Å²) in [6.45, 7) is -2.56. The second kappa shape index (κ2) is 6.17. The number of amides is 1. The van der Waals surface area contributed by atoms with Crippen LogP contribution in [0.3, 0.4) is 0 Å². The standard InChI is InChI=1S/C11H11F3N2O3/c12-11(13,14)7-16(6-10(18)19)9(17)5-8-1-3-15-4-2-8/h1-4H,5-7H2,(H,18,19). The number of carbonyl (C=O) groups is 2. The Morgan fingerprint density at radius 1 is 1.26 bits per heavy atom. The van der Waals surface area contributed by atoms with Gasteiger partial charge in [0.15, 0.2) is 0 Å². The Morgan fingerprint density at radius 3 is 2.32 bits per heavy atom. The molecule has 1 rings (SSSR count). The molecule has 0 saturated carbocycles. The van der Waals surface area contributed by atoms with E-state index in [9.17, 15) is 22.8 Å². The van der Waals surface area contributed by atoms with Crippen LogP contribution in [0.4, 0.5) is 13.2 Å². The van der Waals surface area contributed by atoms with Crippen molar-refractivity contribution in [1.29, 1.82) is 0 Å². The van der Waals surface area contributed by atoms with E-state index in [-0.39, 0.29) is 11.3 Å². The van der Waals surface area contributed by atoms with Crippen molar-refractivity contribution in [3.8, 4) is 0 Å². The predicted molar refractivity (Wildman–Crippen MR) is 58.2 cm³/mol. The van der Waals surface area contributed by atoms with Gasteiger partial charge in [-0.2, -0.15) is 13.2 Å². The molecule has 0 unspecified atom stereocenters. The van der Waals surface area contributed by atoms with Crippen LogP contribution >= 0.6 is 0 Å². The number of carboxylic acid groups (broad SMARTS) is 1. The first-order chi connectivity index (χ1) is 8.78. The second-order valence-corrected chi connectivity index (χ2v) is 3.79. The lowest BCUT2D eigenvalue weighted by Crippen LogP contribution is -2.42. The quantitative estimate of drug-likeness (QED) is 0.874. The van der Waals surface area contributed by atoms with E-state index in [1.807, 2.05) is 0 Å². The molecule has 104 valence electrons. The van der Waals surface area contributed by atoms with Crippen LogP contribution in [0, 0.1) is 0 Å². The third-order valence-corrected chi connectivity index (χ3v) is 2.15. The van der Waals surface area contributed by atoms with Gasteiger partial charge in [0.25, 0.3) is 0 Å². The summed E-state index contributed by atoms with van der Waals surface area (Å²) in [6, 6.07) is 2.95. The molecule has 0 aromatic carbocycles. The number of halogens is 3. The van der Waals surface area contributed by atoms with E-state index in [1.54, 1.807) is 0 Å². The maximum Gasteiger partial charge on any atom is 0.406 e. The van der Waals surface area contributed by atoms with E-state index < -0.39 is 31.1 Å². The van der Waals surface area contributed by atoms with Crippen molar-refractivity contribution in [3.63, 3.8) is 0 Å². The molecule has 0 aliphatic heterocycles. The Morgan fingerprint density at radius 2 is 1.84 bits per heavy atom. The Labute approximate surface area is 106 Å². The van der Waals surface area contributed by atoms with Gasteiger partial charge in [0.1, 0.15) is 13.1 Å². The topological polar surface area (TPSA) is 70.5 Å². The minimum absolute atomic E-state index is 0.267. The summed E-state index contributed by atoms with van der Waals surface area (Å²) in [5.41, 5.74) is 0.470. The SMILES string of the molecule is O=C(O)CN(CC(F)(F)F)C(=O)Cc1ccncc1. The monoisotopic (exact) mass is 276 g/mol. The van der Waals surface area contributed by atoms with E-state index >= 15 is 0 Å². The van der Waals surface area contributed by atoms with Gasteiger partial charge in [-0.25, -0.2) is 0 Å². The van der Waals surface area contributed by atoms with Gasteiger partial charge in [-0.15, -0.1) is 0 Å². The lowest BCUT2D eigenvalue weighted by Gasteiger charge is -2.22. The number of carbonyl (C=O) groups excluding carboxylic acids is 1. The molecule has 1 amide bonds. The highest BCUT2D eigenvalue weighted by Crippen LogP contribution is 2.17. The molecule has 8 heteroatoms. The number of alkyl halides is 3. The molecule has 0 fully saturated rings. The summed E-state index contributed by atoms with van der Waals surface area (Å²) in [5.74, 6) is -2.39. The van der Waals surface area contributed by atoms with Gasteiger partial charge in [-0.3, -0.25) is 14.6 Å². The summed E-state index contributed by atoms with van der Waals surface area (Å²) < 4.78 is 36.8. The Balaban J connectivity index is 2.74. The molecule has 0 spiro atoms. The molecule has 1 aromatic heterocycles. The van der Waals surface area contributed by atoms with Gasteiger partial charge >= 0.3 is 12.1 Å². The van der Waals surface area contributed by atoms with E-state index in [4.69, 9.17) is 5.11 Å². The fraction of sp³-hybridized carbons (Fsp3) is 0.364. The van der Waals surface area contributed by atoms with Crippen molar-refractivity contribution >= 4 is 11.9 Å². The summed E-state index contributed by atoms with van der Waals surface area (Å²) in [6.07, 6.45) is -2.14. The molecule has 19 heavy (non-hydrogen) atoms. The highest BCUT2D eigenvalue weighted by molar-refractivity contribution is 5.83. The number of aromatic nitrogens is 1. The molecule has 1 heterocycles. The van der Waals surface area contributed by atoms with Crippen LogP contribution in [0.5, 0.6) is 0 Å². The van der Waals surface area contributed by atoms with Gasteiger partial charge in [0.05, 0.1) is 6.42 Å². The molecule has 0 atom stereocenters. The number of carboxylic acids is 1. The molecule has 0 aliphatic carbocycles. The maximum atomic E-state index is 12.3. The Bertz CT molecular complexity index is 448. The fourth-order valence-electron chi connectivity index (χ4n) is 1.40. The number of hydrogen-bond acceptors (Lipinski definition) is 3. The molecule has 0 aliphatic rings. The van der Waals surface area contributed by atoms with Crippen molar-refractivity contribution in [2.45, 2.75) is 12.6 Å². The molecule has 0 radical (unpaired) electrons. The number of nitrogens with zero attached hydrogens (tertiary/aromatic N) is 2. The number of rotatable bonds is 5. The lowest BCUT2D eigenvalue weighted by atomic mass is 10.2. The van der Waals surface area contributed by atoms with Crippen LogP contribution in [0.15, 0.2) is 24.5 Å². The smallest absolute Gasteiger partial charge is 0.406 e. The zero-order valence-corrected chi connectivity index (χ0v) is 9.72. The van der Waals surface area contributed by atoms with Crippen LogP contribution < -0.4 is 0 Å². The Hall–Kier alpha value is -2.12. The van der Waals surface area contributed by atoms with Crippen LogP contribution in [0.1, 0.15) is 5.56 Å². The molecule has 0 bridgehead atoms. The summed E-state index contributed by atoms with van der Waals surface area (Å²) in [4.78, 5) is 26.1. The zero-order valence-electron chi connectivity index (χ0n) is 9.72. The van der Waals surface area contributed by atoms with Crippen molar-refractivity contribution in [2.24, 2.45) is 0 Å². The molecular formula is C11H11F3N2O3. The van der Waals surface area contributed by atoms with Crippen molar-refractivity contribution < 1.29 is 27.9 Å². The summed E-state index contributed by atoms with van der Waals surface area (Å²) in [7, 11) is 0. The first-order valence-corrected chi connectivity index (χ1v) is 5.23. The van der Waals surface area contributed by atoms with E-state index in [1.165, 1.54) is 24.5 Å². The van der Waals surface area contributed by atoms with Gasteiger partial charge in [0, 0.05) is 12.4 Å². The van der Waals surface area contributed by atoms with Gasteiger partial charge in [-0.1, -0.05) is 0 Å². The first kappa shape index (κ1) is 14.9. The number of hydrogen-bond donors (Lipinski definition) is 1. The third kappa shape index (κ3) is 5.84. The van der Waals surface area contributed by atoms with Gasteiger partial charge in [0.2, 0.25) is 5.91 Å². The number of pyridine rings is 1. The lowest BCUT2D eigenvalue weighted by molar-refractivity contribution is -0.165. The van der Waals surface area contributed by atoms with Crippen molar-refractivity contribution in [3.05, 3.63) is 30.1 Å². The molecule has 1 N–H and O–H groups in total. The summed E-state index contributed by atoms with van der Waals surface area (Å²) >= 11 is 0. The predicted octanol–water partition coefficient (Wildman–Crippen LogP) is 1.10. The number of aliphatic carboxylic acids is 1. The zero-order chi connectivity index (χ0) is 14.5. The van der Waals surface area contributed by atoms with Crippen molar-refractivity contribution in [1.82, 2.24) is 9.88 Å². The van der Waals surface area contributed by atoms with Crippen LogP contribution in [-0.4, -0.2) is 46.1 Å². The average Bonchev–Trinajstić information content (AvgIpc) is 2.27. The van der Waals surface area contributed by atoms with Gasteiger partial charge < -0.3 is 10.0 Å². The summed E-state index contributed by atoms with van der Waals surface area (Å²) in [5, 5.41) is 8.52. The van der Waals surface area contributed by atoms with E-state index in [2.05, 4.69) is 4.98 Å². The Kier molecular flexibility index (Phi) is 4.85. The van der Waals surface area contributed by atoms with Crippen LogP contribution in [0.2, 0.25) is 0 Å². The third-order valence-electron chi connectivity index (χ3n) is 2.15. The minimum atomic E-state index is -4.64. The average molecular weight is 276 g/mol. The largest absolute Gasteiger partial charge is 0.480 e. The van der Waals surface area contributed by atoms with Gasteiger partial charge in [-0.05, 0) is 17.7 Å². The highest BCUT2D eigenvalue weighted by Gasteiger charge is 2.33. The van der Waals surface area contributed by atoms with Crippen LogP contribution in [-0.2, 0) is 16.0 Å². The normalized spacial score (nSPS) is 11.1. The van der Waals surface area contributed by atoms with E-state index in [0.29, 0.717) is 5.56 Å². The van der Waals surface area contributed by atoms with Crippen LogP contribution in [0.25, 0.3) is 0 Å².